The minimum Gasteiger partial charge on any atom is -0.383 e. The maximum Gasteiger partial charge on any atom is 0.142 e. The molecular weight excluding hydrogens is 210 g/mol. The number of ether oxygens (including phenoxy) is 1. The molecule has 0 aliphatic carbocycles. The van der Waals surface area contributed by atoms with Gasteiger partial charge in [0.2, 0.25) is 0 Å². The number of aromatic nitrogens is 1. The second-order valence-corrected chi connectivity index (χ2v) is 4.84. The van der Waals surface area contributed by atoms with E-state index in [-0.39, 0.29) is 0 Å². The molecule has 1 aromatic heterocycles. The Labute approximate surface area is 94.0 Å². The van der Waals surface area contributed by atoms with Gasteiger partial charge in [-0.25, -0.2) is 0 Å². The van der Waals surface area contributed by atoms with Crippen molar-refractivity contribution in [2.24, 2.45) is 0 Å². The standard InChI is InChI=1S/C10H17N3OS/c1-6-5-8(3-4-14-6)12-10-7(2)9(11)13-15-10/h6,8,12H,3-5H2,1-2H3,(H2,11,13). The van der Waals surface area contributed by atoms with Crippen molar-refractivity contribution < 1.29 is 4.74 Å². The van der Waals surface area contributed by atoms with E-state index in [0.29, 0.717) is 18.0 Å². The molecule has 3 N–H and O–H groups in total. The molecule has 0 amide bonds. The van der Waals surface area contributed by atoms with Crippen molar-refractivity contribution in [3.05, 3.63) is 5.56 Å². The Morgan fingerprint density at radius 3 is 3.00 bits per heavy atom. The molecule has 1 fully saturated rings. The third kappa shape index (κ3) is 2.41. The predicted octanol–water partition coefficient (Wildman–Crippen LogP) is 2.01. The summed E-state index contributed by atoms with van der Waals surface area (Å²) in [6.45, 7) is 4.96. The number of rotatable bonds is 2. The van der Waals surface area contributed by atoms with Crippen molar-refractivity contribution in [1.29, 1.82) is 0 Å². The van der Waals surface area contributed by atoms with E-state index in [1.807, 2.05) is 6.92 Å². The fraction of sp³-hybridized carbons (Fsp3) is 0.700. The van der Waals surface area contributed by atoms with E-state index < -0.39 is 0 Å². The minimum atomic E-state index is 0.349. The van der Waals surface area contributed by atoms with Gasteiger partial charge in [0, 0.05) is 18.2 Å². The first-order valence-electron chi connectivity index (χ1n) is 5.26. The zero-order chi connectivity index (χ0) is 10.8. The van der Waals surface area contributed by atoms with Crippen LogP contribution in [0.5, 0.6) is 0 Å². The largest absolute Gasteiger partial charge is 0.383 e. The molecule has 0 aromatic carbocycles. The number of nitrogens with two attached hydrogens (primary N) is 1. The summed E-state index contributed by atoms with van der Waals surface area (Å²) in [7, 11) is 0. The summed E-state index contributed by atoms with van der Waals surface area (Å²) in [4.78, 5) is 0. The van der Waals surface area contributed by atoms with Crippen LogP contribution in [0.15, 0.2) is 0 Å². The van der Waals surface area contributed by atoms with E-state index in [0.717, 1.165) is 30.0 Å². The first-order chi connectivity index (χ1) is 7.16. The molecule has 0 spiro atoms. The predicted molar refractivity (Wildman–Crippen MR) is 63.3 cm³/mol. The molecular formula is C10H17N3OS. The van der Waals surface area contributed by atoms with Gasteiger partial charge < -0.3 is 15.8 Å². The summed E-state index contributed by atoms with van der Waals surface area (Å²) in [5.41, 5.74) is 6.78. The van der Waals surface area contributed by atoms with Crippen molar-refractivity contribution in [2.45, 2.75) is 38.8 Å². The summed E-state index contributed by atoms with van der Waals surface area (Å²) < 4.78 is 9.63. The van der Waals surface area contributed by atoms with Crippen LogP contribution in [0, 0.1) is 6.92 Å². The highest BCUT2D eigenvalue weighted by molar-refractivity contribution is 7.10. The average Bonchev–Trinajstić information content (AvgIpc) is 2.50. The van der Waals surface area contributed by atoms with Gasteiger partial charge in [-0.3, -0.25) is 0 Å². The lowest BCUT2D eigenvalue weighted by atomic mass is 10.0. The molecule has 5 heteroatoms. The van der Waals surface area contributed by atoms with Crippen LogP contribution in [0.25, 0.3) is 0 Å². The number of hydrogen-bond acceptors (Lipinski definition) is 5. The third-order valence-corrected chi connectivity index (χ3v) is 3.68. The number of nitrogens with one attached hydrogen (secondary N) is 1. The summed E-state index contributed by atoms with van der Waals surface area (Å²) in [5, 5.41) is 4.60. The molecule has 84 valence electrons. The van der Waals surface area contributed by atoms with E-state index in [1.54, 1.807) is 0 Å². The van der Waals surface area contributed by atoms with Crippen LogP contribution < -0.4 is 11.1 Å². The Balaban J connectivity index is 1.99. The molecule has 2 unspecified atom stereocenters. The van der Waals surface area contributed by atoms with Crippen molar-refractivity contribution in [3.8, 4) is 0 Å². The smallest absolute Gasteiger partial charge is 0.142 e. The summed E-state index contributed by atoms with van der Waals surface area (Å²) in [5.74, 6) is 0.641. The van der Waals surface area contributed by atoms with Crippen LogP contribution in [-0.4, -0.2) is 23.1 Å². The van der Waals surface area contributed by atoms with Crippen LogP contribution >= 0.6 is 11.5 Å². The first-order valence-corrected chi connectivity index (χ1v) is 6.04. The van der Waals surface area contributed by atoms with E-state index >= 15 is 0 Å². The van der Waals surface area contributed by atoms with Crippen LogP contribution in [0.4, 0.5) is 10.8 Å². The first kappa shape index (κ1) is 10.7. The molecule has 15 heavy (non-hydrogen) atoms. The van der Waals surface area contributed by atoms with Gasteiger partial charge in [0.25, 0.3) is 0 Å². The molecule has 1 aromatic rings. The zero-order valence-electron chi connectivity index (χ0n) is 9.12. The van der Waals surface area contributed by atoms with Gasteiger partial charge in [0.15, 0.2) is 0 Å². The van der Waals surface area contributed by atoms with E-state index in [9.17, 15) is 0 Å². The lowest BCUT2D eigenvalue weighted by Crippen LogP contribution is -2.32. The maximum atomic E-state index is 5.71. The van der Waals surface area contributed by atoms with E-state index in [2.05, 4.69) is 16.6 Å². The third-order valence-electron chi connectivity index (χ3n) is 2.78. The number of hydrogen-bond donors (Lipinski definition) is 2. The molecule has 1 aliphatic heterocycles. The van der Waals surface area contributed by atoms with Crippen molar-refractivity contribution in [3.63, 3.8) is 0 Å². The van der Waals surface area contributed by atoms with Crippen LogP contribution in [0.1, 0.15) is 25.3 Å². The molecule has 2 heterocycles. The normalized spacial score (nSPS) is 26.5. The Kier molecular flexibility index (Phi) is 3.11. The molecule has 4 nitrogen and oxygen atoms in total. The van der Waals surface area contributed by atoms with Crippen molar-refractivity contribution >= 4 is 22.4 Å². The molecule has 1 aliphatic rings. The highest BCUT2D eigenvalue weighted by Gasteiger charge is 2.20. The Morgan fingerprint density at radius 1 is 1.60 bits per heavy atom. The van der Waals surface area contributed by atoms with Crippen LogP contribution in [0.2, 0.25) is 0 Å². The van der Waals surface area contributed by atoms with Crippen molar-refractivity contribution in [2.75, 3.05) is 17.7 Å². The number of nitrogens with zero attached hydrogens (tertiary/aromatic N) is 1. The van der Waals surface area contributed by atoms with Gasteiger partial charge in [-0.05, 0) is 38.2 Å². The Hall–Kier alpha value is -0.810. The lowest BCUT2D eigenvalue weighted by Gasteiger charge is -2.28. The monoisotopic (exact) mass is 227 g/mol. The SMILES string of the molecule is Cc1c(N)nsc1NC1CCOC(C)C1. The van der Waals surface area contributed by atoms with Gasteiger partial charge in [0.05, 0.1) is 6.10 Å². The highest BCUT2D eigenvalue weighted by Crippen LogP contribution is 2.28. The average molecular weight is 227 g/mol. The number of nitrogen functional groups attached to an aromatic ring is 1. The Bertz CT molecular complexity index is 339. The topological polar surface area (TPSA) is 60.2 Å². The fourth-order valence-corrected chi connectivity index (χ4v) is 2.58. The van der Waals surface area contributed by atoms with E-state index in [4.69, 9.17) is 10.5 Å². The molecule has 2 rings (SSSR count). The number of anilines is 2. The van der Waals surface area contributed by atoms with Crippen molar-refractivity contribution in [1.82, 2.24) is 4.37 Å². The van der Waals surface area contributed by atoms with Gasteiger partial charge in [-0.1, -0.05) is 0 Å². The van der Waals surface area contributed by atoms with E-state index in [1.165, 1.54) is 11.5 Å². The summed E-state index contributed by atoms with van der Waals surface area (Å²) in [6.07, 6.45) is 2.46. The van der Waals surface area contributed by atoms with Gasteiger partial charge in [-0.15, -0.1) is 0 Å². The fourth-order valence-electron chi connectivity index (χ4n) is 1.80. The van der Waals surface area contributed by atoms with Crippen LogP contribution in [-0.2, 0) is 4.74 Å². The zero-order valence-corrected chi connectivity index (χ0v) is 9.93. The molecule has 2 atom stereocenters. The maximum absolute atomic E-state index is 5.71. The molecule has 0 radical (unpaired) electrons. The summed E-state index contributed by atoms with van der Waals surface area (Å²) in [6, 6.07) is 0.493. The highest BCUT2D eigenvalue weighted by atomic mass is 32.1. The minimum absolute atomic E-state index is 0.349. The quantitative estimate of drug-likeness (QED) is 0.811. The molecule has 0 saturated carbocycles. The van der Waals surface area contributed by atoms with Gasteiger partial charge in [-0.2, -0.15) is 4.37 Å². The lowest BCUT2D eigenvalue weighted by molar-refractivity contribution is 0.0232. The van der Waals surface area contributed by atoms with Crippen LogP contribution in [0.3, 0.4) is 0 Å². The van der Waals surface area contributed by atoms with Gasteiger partial charge in [0.1, 0.15) is 10.8 Å². The second-order valence-electron chi connectivity index (χ2n) is 4.07. The second kappa shape index (κ2) is 4.37. The Morgan fingerprint density at radius 2 is 2.40 bits per heavy atom. The van der Waals surface area contributed by atoms with Gasteiger partial charge >= 0.3 is 0 Å². The summed E-state index contributed by atoms with van der Waals surface area (Å²) >= 11 is 1.44. The molecule has 0 bridgehead atoms. The molecule has 1 saturated heterocycles.